The van der Waals surface area contributed by atoms with E-state index in [9.17, 15) is 4.79 Å². The van der Waals surface area contributed by atoms with Gasteiger partial charge in [-0.2, -0.15) is 5.10 Å². The van der Waals surface area contributed by atoms with Crippen LogP contribution in [0.3, 0.4) is 0 Å². The van der Waals surface area contributed by atoms with Crippen molar-refractivity contribution in [3.8, 4) is 23.0 Å². The highest BCUT2D eigenvalue weighted by Gasteiger charge is 2.34. The van der Waals surface area contributed by atoms with E-state index in [0.29, 0.717) is 34.6 Å². The van der Waals surface area contributed by atoms with Crippen LogP contribution in [0.4, 0.5) is 5.82 Å². The number of amides is 1. The lowest BCUT2D eigenvalue weighted by atomic mass is 10.0. The Morgan fingerprint density at radius 2 is 2.08 bits per heavy atom. The minimum absolute atomic E-state index is 0.0836. The van der Waals surface area contributed by atoms with Crippen LogP contribution in [0.1, 0.15) is 16.4 Å². The van der Waals surface area contributed by atoms with E-state index < -0.39 is 0 Å². The second kappa shape index (κ2) is 5.82. The van der Waals surface area contributed by atoms with Gasteiger partial charge in [0.05, 0.1) is 31.4 Å². The minimum Gasteiger partial charge on any atom is -0.493 e. The van der Waals surface area contributed by atoms with E-state index >= 15 is 0 Å². The third-order valence-electron chi connectivity index (χ3n) is 3.89. The van der Waals surface area contributed by atoms with Gasteiger partial charge in [-0.3, -0.25) is 9.89 Å². The van der Waals surface area contributed by atoms with Crippen molar-refractivity contribution >= 4 is 23.5 Å². The second-order valence-corrected chi connectivity index (χ2v) is 6.30. The van der Waals surface area contributed by atoms with Crippen molar-refractivity contribution in [3.63, 3.8) is 0 Å². The monoisotopic (exact) mass is 349 g/mol. The normalized spacial score (nSPS) is 18.6. The van der Waals surface area contributed by atoms with Gasteiger partial charge in [-0.1, -0.05) is 0 Å². The molecule has 0 spiro atoms. The first kappa shape index (κ1) is 15.0. The van der Waals surface area contributed by atoms with Crippen LogP contribution in [0.2, 0.25) is 0 Å². The Kier molecular flexibility index (Phi) is 3.64. The molecule has 1 amide bonds. The Hall–Kier alpha value is -2.55. The Morgan fingerprint density at radius 3 is 2.88 bits per heavy atom. The molecule has 0 bridgehead atoms. The average Bonchev–Trinajstić information content (AvgIpc) is 3.21. The minimum atomic E-state index is -0.170. The van der Waals surface area contributed by atoms with Gasteiger partial charge < -0.3 is 24.3 Å². The van der Waals surface area contributed by atoms with Crippen molar-refractivity contribution in [2.45, 2.75) is 5.25 Å². The molecule has 0 saturated heterocycles. The summed E-state index contributed by atoms with van der Waals surface area (Å²) >= 11 is 1.48. The predicted octanol–water partition coefficient (Wildman–Crippen LogP) is 1.93. The molecule has 0 aliphatic carbocycles. The van der Waals surface area contributed by atoms with Crippen molar-refractivity contribution in [3.05, 3.63) is 23.4 Å². The highest BCUT2D eigenvalue weighted by molar-refractivity contribution is 8.00. The molecule has 0 fully saturated rings. The summed E-state index contributed by atoms with van der Waals surface area (Å²) in [7, 11) is 3.15. The quantitative estimate of drug-likeness (QED) is 0.874. The number of hydrogen-bond donors (Lipinski definition) is 2. The number of aromatic nitrogens is 2. The third-order valence-corrected chi connectivity index (χ3v) is 5.16. The summed E-state index contributed by atoms with van der Waals surface area (Å²) in [6, 6.07) is 1.86. The first-order valence-corrected chi connectivity index (χ1v) is 8.27. The highest BCUT2D eigenvalue weighted by atomic mass is 32.2. The van der Waals surface area contributed by atoms with Crippen molar-refractivity contribution in [1.29, 1.82) is 0 Å². The van der Waals surface area contributed by atoms with Gasteiger partial charge in [0.15, 0.2) is 11.5 Å². The number of aromatic amines is 1. The summed E-state index contributed by atoms with van der Waals surface area (Å²) in [5.74, 6) is 3.00. The molecule has 4 rings (SSSR count). The van der Waals surface area contributed by atoms with Crippen molar-refractivity contribution < 1.29 is 23.7 Å². The van der Waals surface area contributed by atoms with E-state index in [1.165, 1.54) is 11.8 Å². The van der Waals surface area contributed by atoms with Crippen LogP contribution in [0.25, 0.3) is 0 Å². The van der Waals surface area contributed by atoms with Crippen LogP contribution in [0.15, 0.2) is 12.3 Å². The van der Waals surface area contributed by atoms with Crippen molar-refractivity contribution in [1.82, 2.24) is 10.2 Å². The first-order chi connectivity index (χ1) is 11.7. The van der Waals surface area contributed by atoms with E-state index in [2.05, 4.69) is 15.5 Å². The van der Waals surface area contributed by atoms with Crippen LogP contribution in [0, 0.1) is 0 Å². The molecule has 8 nitrogen and oxygen atoms in total. The largest absolute Gasteiger partial charge is 0.493 e. The SMILES string of the molecule is COc1cc([C@@H]2SCC(=O)Nc3[nH]ncc32)c(OC)c2c1OCO2. The molecule has 0 unspecified atom stereocenters. The number of ether oxygens (including phenoxy) is 4. The fraction of sp³-hybridized carbons (Fsp3) is 0.333. The molecular weight excluding hydrogens is 334 g/mol. The summed E-state index contributed by atoms with van der Waals surface area (Å²) in [5, 5.41) is 9.51. The molecule has 2 N–H and O–H groups in total. The van der Waals surface area contributed by atoms with Crippen LogP contribution >= 0.6 is 11.8 Å². The molecule has 126 valence electrons. The van der Waals surface area contributed by atoms with E-state index in [1.54, 1.807) is 20.4 Å². The topological polar surface area (TPSA) is 94.7 Å². The third kappa shape index (κ3) is 2.23. The van der Waals surface area contributed by atoms with Gasteiger partial charge in [-0.05, 0) is 6.07 Å². The van der Waals surface area contributed by atoms with Gasteiger partial charge in [0.25, 0.3) is 0 Å². The molecule has 1 atom stereocenters. The lowest BCUT2D eigenvalue weighted by molar-refractivity contribution is -0.113. The van der Waals surface area contributed by atoms with Gasteiger partial charge in [0.2, 0.25) is 24.2 Å². The maximum absolute atomic E-state index is 11.9. The van der Waals surface area contributed by atoms with E-state index in [0.717, 1.165) is 11.1 Å². The smallest absolute Gasteiger partial charge is 0.235 e. The Bertz CT molecular complexity index is 807. The van der Waals surface area contributed by atoms with Gasteiger partial charge in [-0.15, -0.1) is 11.8 Å². The number of H-pyrrole nitrogens is 1. The van der Waals surface area contributed by atoms with Gasteiger partial charge in [0, 0.05) is 11.1 Å². The standard InChI is InChI=1S/C15H15N3O5S/c1-20-9-3-7(11(21-2)13-12(9)22-6-23-13)14-8-4-16-18-15(8)17-10(19)5-24-14/h3-4,14H,5-6H2,1-2H3,(H2,16,17,18,19)/t14-/m0/s1. The van der Waals surface area contributed by atoms with E-state index in [-0.39, 0.29) is 18.0 Å². The Labute approximate surface area is 141 Å². The highest BCUT2D eigenvalue weighted by Crippen LogP contribution is 2.54. The number of methoxy groups -OCH3 is 2. The van der Waals surface area contributed by atoms with Gasteiger partial charge in [-0.25, -0.2) is 0 Å². The summed E-state index contributed by atoms with van der Waals surface area (Å²) in [6.07, 6.45) is 1.70. The number of nitrogens with zero attached hydrogens (tertiary/aromatic N) is 1. The number of carbonyl (C=O) groups excluding carboxylic acids is 1. The van der Waals surface area contributed by atoms with E-state index in [4.69, 9.17) is 18.9 Å². The Balaban J connectivity index is 1.89. The van der Waals surface area contributed by atoms with Crippen molar-refractivity contribution in [2.75, 3.05) is 32.1 Å². The van der Waals surface area contributed by atoms with Crippen LogP contribution in [-0.4, -0.2) is 42.9 Å². The molecule has 3 heterocycles. The lowest BCUT2D eigenvalue weighted by Crippen LogP contribution is -2.12. The van der Waals surface area contributed by atoms with Crippen LogP contribution in [0.5, 0.6) is 23.0 Å². The second-order valence-electron chi connectivity index (χ2n) is 5.21. The number of fused-ring (bicyclic) bond motifs is 2. The summed E-state index contributed by atoms with van der Waals surface area (Å²) in [5.41, 5.74) is 1.70. The number of nitrogens with one attached hydrogen (secondary N) is 2. The zero-order valence-electron chi connectivity index (χ0n) is 13.0. The molecule has 1 aromatic carbocycles. The Morgan fingerprint density at radius 1 is 1.25 bits per heavy atom. The molecule has 9 heteroatoms. The molecular formula is C15H15N3O5S. The molecule has 0 saturated carbocycles. The fourth-order valence-electron chi connectivity index (χ4n) is 2.87. The number of benzene rings is 1. The maximum Gasteiger partial charge on any atom is 0.235 e. The number of rotatable bonds is 3. The van der Waals surface area contributed by atoms with Gasteiger partial charge in [0.1, 0.15) is 5.82 Å². The lowest BCUT2D eigenvalue weighted by Gasteiger charge is -2.19. The molecule has 1 aromatic heterocycles. The van der Waals surface area contributed by atoms with Gasteiger partial charge >= 0.3 is 0 Å². The molecule has 2 aromatic rings. The summed E-state index contributed by atoms with van der Waals surface area (Å²) < 4.78 is 22.1. The molecule has 2 aliphatic heterocycles. The number of hydrogen-bond acceptors (Lipinski definition) is 7. The van der Waals surface area contributed by atoms with E-state index in [1.807, 2.05) is 6.07 Å². The summed E-state index contributed by atoms with van der Waals surface area (Å²) in [4.78, 5) is 11.9. The molecule has 24 heavy (non-hydrogen) atoms. The predicted molar refractivity (Wildman–Crippen MR) is 87.2 cm³/mol. The average molecular weight is 349 g/mol. The summed E-state index contributed by atoms with van der Waals surface area (Å²) in [6.45, 7) is 0.111. The molecule has 2 aliphatic rings. The number of thioether (sulfide) groups is 1. The molecule has 0 radical (unpaired) electrons. The van der Waals surface area contributed by atoms with Crippen molar-refractivity contribution in [2.24, 2.45) is 0 Å². The number of anilines is 1. The zero-order valence-corrected chi connectivity index (χ0v) is 13.9. The van der Waals surface area contributed by atoms with Crippen LogP contribution in [-0.2, 0) is 4.79 Å². The maximum atomic E-state index is 11.9. The zero-order chi connectivity index (χ0) is 16.7. The number of carbonyl (C=O) groups is 1. The van der Waals surface area contributed by atoms with Crippen LogP contribution < -0.4 is 24.3 Å². The first-order valence-electron chi connectivity index (χ1n) is 7.22. The fourth-order valence-corrected chi connectivity index (χ4v) is 3.97.